The Balaban J connectivity index is 2.16. The fourth-order valence-electron chi connectivity index (χ4n) is 3.64. The Kier molecular flexibility index (Phi) is 5.08. The molecule has 1 saturated carbocycles. The smallest absolute Gasteiger partial charge is 0.244 e. The molecule has 2 rings (SSSR count). The first-order chi connectivity index (χ1) is 9.53. The monoisotopic (exact) mass is 282 g/mol. The molecule has 1 amide bonds. The number of methoxy groups -OCH3 is 1. The van der Waals surface area contributed by atoms with Gasteiger partial charge in [-0.1, -0.05) is 19.8 Å². The van der Waals surface area contributed by atoms with Crippen LogP contribution in [0.4, 0.5) is 0 Å². The number of ether oxygens (including phenoxy) is 1. The third-order valence-electron chi connectivity index (χ3n) is 5.24. The molecule has 1 aliphatic carbocycles. The standard InChI is InChI=1S/C16H30N2O2/c1-5-16(3)15(19)18(12(2)10-11-20-4)14(17-16)13-8-6-7-9-13/h12-14,17H,5-11H2,1-4H3. The van der Waals surface area contributed by atoms with E-state index in [2.05, 4.69) is 31.0 Å². The van der Waals surface area contributed by atoms with Crippen molar-refractivity contribution in [2.45, 2.75) is 77.0 Å². The van der Waals surface area contributed by atoms with Crippen LogP contribution in [0, 0.1) is 5.92 Å². The maximum absolute atomic E-state index is 12.9. The average molecular weight is 282 g/mol. The van der Waals surface area contributed by atoms with Crippen molar-refractivity contribution in [2.75, 3.05) is 13.7 Å². The minimum atomic E-state index is -0.380. The number of nitrogens with zero attached hydrogens (tertiary/aromatic N) is 1. The lowest BCUT2D eigenvalue weighted by Crippen LogP contribution is -2.47. The lowest BCUT2D eigenvalue weighted by atomic mass is 9.99. The van der Waals surface area contributed by atoms with E-state index in [0.717, 1.165) is 12.8 Å². The molecule has 20 heavy (non-hydrogen) atoms. The Morgan fingerprint density at radius 2 is 2.10 bits per heavy atom. The van der Waals surface area contributed by atoms with Gasteiger partial charge >= 0.3 is 0 Å². The summed E-state index contributed by atoms with van der Waals surface area (Å²) in [5.74, 6) is 0.901. The molecule has 0 aromatic rings. The van der Waals surface area contributed by atoms with E-state index < -0.39 is 0 Å². The summed E-state index contributed by atoms with van der Waals surface area (Å²) in [7, 11) is 1.72. The van der Waals surface area contributed by atoms with Gasteiger partial charge in [0.25, 0.3) is 0 Å². The first-order valence-electron chi connectivity index (χ1n) is 8.13. The van der Waals surface area contributed by atoms with E-state index in [1.54, 1.807) is 7.11 Å². The van der Waals surface area contributed by atoms with Crippen LogP contribution in [0.3, 0.4) is 0 Å². The molecule has 1 N–H and O–H groups in total. The molecule has 116 valence electrons. The van der Waals surface area contributed by atoms with E-state index in [4.69, 9.17) is 4.74 Å². The van der Waals surface area contributed by atoms with E-state index in [0.29, 0.717) is 12.5 Å². The van der Waals surface area contributed by atoms with Crippen molar-refractivity contribution >= 4 is 5.91 Å². The van der Waals surface area contributed by atoms with Gasteiger partial charge in [-0.15, -0.1) is 0 Å². The number of amides is 1. The molecule has 1 heterocycles. The first kappa shape index (κ1) is 15.8. The highest BCUT2D eigenvalue weighted by atomic mass is 16.5. The van der Waals surface area contributed by atoms with E-state index in [1.165, 1.54) is 25.7 Å². The summed E-state index contributed by atoms with van der Waals surface area (Å²) in [6, 6.07) is 0.244. The Labute approximate surface area is 123 Å². The molecule has 0 radical (unpaired) electrons. The van der Waals surface area contributed by atoms with Crippen LogP contribution in [0.25, 0.3) is 0 Å². The zero-order valence-corrected chi connectivity index (χ0v) is 13.4. The second kappa shape index (κ2) is 6.44. The number of rotatable bonds is 6. The van der Waals surface area contributed by atoms with Crippen molar-refractivity contribution in [1.29, 1.82) is 0 Å². The SMILES string of the molecule is CCC1(C)NC(C2CCCC2)N(C(C)CCOC)C1=O. The molecule has 3 unspecified atom stereocenters. The second-order valence-electron chi connectivity index (χ2n) is 6.66. The number of nitrogens with one attached hydrogen (secondary N) is 1. The van der Waals surface area contributed by atoms with Gasteiger partial charge in [-0.2, -0.15) is 0 Å². The van der Waals surface area contributed by atoms with E-state index in [9.17, 15) is 4.79 Å². The van der Waals surface area contributed by atoms with Crippen molar-refractivity contribution in [2.24, 2.45) is 5.92 Å². The van der Waals surface area contributed by atoms with Gasteiger partial charge in [-0.3, -0.25) is 10.1 Å². The largest absolute Gasteiger partial charge is 0.385 e. The molecule has 1 aliphatic heterocycles. The van der Waals surface area contributed by atoms with Gasteiger partial charge in [0.1, 0.15) is 0 Å². The Morgan fingerprint density at radius 1 is 1.45 bits per heavy atom. The average Bonchev–Trinajstić information content (AvgIpc) is 3.05. The molecule has 0 aromatic carbocycles. The van der Waals surface area contributed by atoms with Crippen LogP contribution in [0.2, 0.25) is 0 Å². The molecule has 0 spiro atoms. The predicted molar refractivity (Wildman–Crippen MR) is 80.4 cm³/mol. The molecule has 3 atom stereocenters. The van der Waals surface area contributed by atoms with Crippen LogP contribution in [0.1, 0.15) is 59.3 Å². The molecule has 2 aliphatic rings. The van der Waals surface area contributed by atoms with Gasteiger partial charge in [-0.25, -0.2) is 0 Å². The fourth-order valence-corrected chi connectivity index (χ4v) is 3.64. The summed E-state index contributed by atoms with van der Waals surface area (Å²) in [6.07, 6.45) is 7.09. The quantitative estimate of drug-likeness (QED) is 0.814. The van der Waals surface area contributed by atoms with E-state index in [-0.39, 0.29) is 23.7 Å². The zero-order valence-electron chi connectivity index (χ0n) is 13.4. The summed E-state index contributed by atoms with van der Waals surface area (Å²) in [6.45, 7) is 7.02. The topological polar surface area (TPSA) is 41.6 Å². The molecular formula is C16H30N2O2. The van der Waals surface area contributed by atoms with Crippen LogP contribution in [0.5, 0.6) is 0 Å². The van der Waals surface area contributed by atoms with Gasteiger partial charge in [0.05, 0.1) is 11.7 Å². The summed E-state index contributed by atoms with van der Waals surface area (Å²) >= 11 is 0. The third-order valence-corrected chi connectivity index (χ3v) is 5.24. The van der Waals surface area contributed by atoms with Gasteiger partial charge in [0, 0.05) is 19.8 Å². The first-order valence-corrected chi connectivity index (χ1v) is 8.13. The zero-order chi connectivity index (χ0) is 14.8. The number of hydrogen-bond donors (Lipinski definition) is 1. The van der Waals surface area contributed by atoms with Crippen LogP contribution in [-0.4, -0.2) is 42.3 Å². The van der Waals surface area contributed by atoms with Crippen LogP contribution < -0.4 is 5.32 Å². The highest BCUT2D eigenvalue weighted by Crippen LogP contribution is 2.36. The van der Waals surface area contributed by atoms with Crippen molar-refractivity contribution in [3.05, 3.63) is 0 Å². The minimum Gasteiger partial charge on any atom is -0.385 e. The Hall–Kier alpha value is -0.610. The van der Waals surface area contributed by atoms with E-state index in [1.807, 2.05) is 0 Å². The lowest BCUT2D eigenvalue weighted by molar-refractivity contribution is -0.135. The Morgan fingerprint density at radius 3 is 2.65 bits per heavy atom. The maximum atomic E-state index is 12.9. The molecule has 0 bridgehead atoms. The molecule has 4 heteroatoms. The summed E-state index contributed by atoms with van der Waals surface area (Å²) in [5, 5.41) is 3.65. The van der Waals surface area contributed by atoms with Crippen LogP contribution in [0.15, 0.2) is 0 Å². The second-order valence-corrected chi connectivity index (χ2v) is 6.66. The normalized spacial score (nSPS) is 33.1. The summed E-state index contributed by atoms with van der Waals surface area (Å²) in [5.41, 5.74) is -0.380. The predicted octanol–water partition coefficient (Wildman–Crippen LogP) is 2.53. The Bertz CT molecular complexity index is 341. The van der Waals surface area contributed by atoms with Gasteiger partial charge in [0.15, 0.2) is 0 Å². The molecular weight excluding hydrogens is 252 g/mol. The number of hydrogen-bond acceptors (Lipinski definition) is 3. The summed E-state index contributed by atoms with van der Waals surface area (Å²) < 4.78 is 5.19. The highest BCUT2D eigenvalue weighted by Gasteiger charge is 2.50. The minimum absolute atomic E-state index is 0.224. The molecule has 0 aromatic heterocycles. The van der Waals surface area contributed by atoms with Crippen molar-refractivity contribution in [3.63, 3.8) is 0 Å². The van der Waals surface area contributed by atoms with Crippen LogP contribution in [-0.2, 0) is 9.53 Å². The van der Waals surface area contributed by atoms with E-state index >= 15 is 0 Å². The van der Waals surface area contributed by atoms with Crippen molar-refractivity contribution in [1.82, 2.24) is 10.2 Å². The van der Waals surface area contributed by atoms with Gasteiger partial charge in [-0.05, 0) is 45.4 Å². The summed E-state index contributed by atoms with van der Waals surface area (Å²) in [4.78, 5) is 15.0. The van der Waals surface area contributed by atoms with Crippen LogP contribution >= 0.6 is 0 Å². The number of carbonyl (C=O) groups is 1. The molecule has 1 saturated heterocycles. The van der Waals surface area contributed by atoms with Gasteiger partial charge in [0.2, 0.25) is 5.91 Å². The van der Waals surface area contributed by atoms with Crippen molar-refractivity contribution in [3.8, 4) is 0 Å². The number of carbonyl (C=O) groups excluding carboxylic acids is 1. The van der Waals surface area contributed by atoms with Gasteiger partial charge < -0.3 is 9.64 Å². The molecule has 2 fully saturated rings. The lowest BCUT2D eigenvalue weighted by Gasteiger charge is -2.33. The van der Waals surface area contributed by atoms with Crippen molar-refractivity contribution < 1.29 is 9.53 Å². The highest BCUT2D eigenvalue weighted by molar-refractivity contribution is 5.88. The molecule has 4 nitrogen and oxygen atoms in total. The third kappa shape index (κ3) is 2.86. The fraction of sp³-hybridized carbons (Fsp3) is 0.938. The maximum Gasteiger partial charge on any atom is 0.244 e.